The van der Waals surface area contributed by atoms with E-state index in [0.717, 1.165) is 24.9 Å². The Morgan fingerprint density at radius 2 is 1.71 bits per heavy atom. The Morgan fingerprint density at radius 1 is 1.05 bits per heavy atom. The maximum Gasteiger partial charge on any atom is 0.119 e. The summed E-state index contributed by atoms with van der Waals surface area (Å²) in [5, 5.41) is 3.80. The predicted molar refractivity (Wildman–Crippen MR) is 88.0 cm³/mol. The summed E-state index contributed by atoms with van der Waals surface area (Å²) in [5.41, 5.74) is 1.87. The van der Waals surface area contributed by atoms with Crippen LogP contribution in [0.4, 0.5) is 0 Å². The van der Waals surface area contributed by atoms with Crippen molar-refractivity contribution in [2.45, 2.75) is 69.7 Å². The maximum absolute atomic E-state index is 5.60. The van der Waals surface area contributed by atoms with Gasteiger partial charge in [-0.1, -0.05) is 37.8 Å². The number of rotatable bonds is 6. The minimum atomic E-state index is 0.351. The van der Waals surface area contributed by atoms with E-state index in [2.05, 4.69) is 29.6 Å². The Balaban J connectivity index is 1.78. The molecule has 2 aliphatic rings. The molecule has 2 aliphatic carbocycles. The second-order valence-corrected chi connectivity index (χ2v) is 6.81. The van der Waals surface area contributed by atoms with Gasteiger partial charge in [0.25, 0.3) is 0 Å². The van der Waals surface area contributed by atoms with Gasteiger partial charge in [-0.25, -0.2) is 0 Å². The van der Waals surface area contributed by atoms with Crippen molar-refractivity contribution < 1.29 is 4.74 Å². The summed E-state index contributed by atoms with van der Waals surface area (Å²) in [6, 6.07) is 9.73. The molecule has 0 aliphatic heterocycles. The van der Waals surface area contributed by atoms with Gasteiger partial charge in [0.1, 0.15) is 5.75 Å². The molecule has 2 heteroatoms. The Labute approximate surface area is 129 Å². The summed E-state index contributed by atoms with van der Waals surface area (Å²) >= 11 is 0. The van der Waals surface area contributed by atoms with E-state index in [-0.39, 0.29) is 0 Å². The lowest BCUT2D eigenvalue weighted by Crippen LogP contribution is -2.38. The highest BCUT2D eigenvalue weighted by Crippen LogP contribution is 2.39. The van der Waals surface area contributed by atoms with Crippen LogP contribution < -0.4 is 10.1 Å². The van der Waals surface area contributed by atoms with Crippen LogP contribution in [0.25, 0.3) is 0 Å². The first-order chi connectivity index (χ1) is 10.3. The molecule has 0 bridgehead atoms. The highest BCUT2D eigenvalue weighted by Gasteiger charge is 2.34. The van der Waals surface area contributed by atoms with Crippen molar-refractivity contribution >= 4 is 0 Å². The standard InChI is InChI=1S/C19H29NO/c1-2-21-18-11-7-16(8-12-18)19(15-20-17-9-10-17)13-5-3-4-6-14-19/h7-8,11-12,17,20H,2-6,9-10,13-15H2,1H3. The van der Waals surface area contributed by atoms with Crippen LogP contribution in [0.15, 0.2) is 24.3 Å². The molecule has 2 nitrogen and oxygen atoms in total. The monoisotopic (exact) mass is 287 g/mol. The fraction of sp³-hybridized carbons (Fsp3) is 0.684. The molecule has 1 aromatic rings. The SMILES string of the molecule is CCOc1ccc(C2(CNC3CC3)CCCCCC2)cc1. The molecule has 2 saturated carbocycles. The minimum Gasteiger partial charge on any atom is -0.494 e. The molecule has 0 radical (unpaired) electrons. The number of hydrogen-bond donors (Lipinski definition) is 1. The molecule has 1 aromatic carbocycles. The van der Waals surface area contributed by atoms with E-state index in [1.54, 1.807) is 0 Å². The van der Waals surface area contributed by atoms with E-state index < -0.39 is 0 Å². The number of ether oxygens (including phenoxy) is 1. The second-order valence-electron chi connectivity index (χ2n) is 6.81. The first-order valence-electron chi connectivity index (χ1n) is 8.79. The van der Waals surface area contributed by atoms with Crippen molar-refractivity contribution in [1.82, 2.24) is 5.32 Å². The highest BCUT2D eigenvalue weighted by molar-refractivity contribution is 5.33. The average Bonchev–Trinajstić information content (AvgIpc) is 3.34. The zero-order valence-electron chi connectivity index (χ0n) is 13.4. The lowest BCUT2D eigenvalue weighted by Gasteiger charge is -2.34. The summed E-state index contributed by atoms with van der Waals surface area (Å²) in [5.74, 6) is 1.00. The van der Waals surface area contributed by atoms with E-state index in [1.165, 1.54) is 56.9 Å². The van der Waals surface area contributed by atoms with Crippen LogP contribution in [0, 0.1) is 0 Å². The van der Waals surface area contributed by atoms with Gasteiger partial charge in [0.05, 0.1) is 6.61 Å². The van der Waals surface area contributed by atoms with Crippen molar-refractivity contribution in [2.24, 2.45) is 0 Å². The number of benzene rings is 1. The lowest BCUT2D eigenvalue weighted by molar-refractivity contribution is 0.335. The quantitative estimate of drug-likeness (QED) is 0.782. The molecule has 0 saturated heterocycles. The van der Waals surface area contributed by atoms with E-state index >= 15 is 0 Å². The minimum absolute atomic E-state index is 0.351. The van der Waals surface area contributed by atoms with Gasteiger partial charge in [-0.15, -0.1) is 0 Å². The molecular formula is C19H29NO. The van der Waals surface area contributed by atoms with Crippen molar-refractivity contribution in [3.8, 4) is 5.75 Å². The van der Waals surface area contributed by atoms with Gasteiger partial charge in [0, 0.05) is 18.0 Å². The first kappa shape index (κ1) is 14.9. The number of hydrogen-bond acceptors (Lipinski definition) is 2. The first-order valence-corrected chi connectivity index (χ1v) is 8.79. The molecule has 0 unspecified atom stereocenters. The smallest absolute Gasteiger partial charge is 0.119 e. The third-order valence-electron chi connectivity index (χ3n) is 5.14. The Hall–Kier alpha value is -1.02. The van der Waals surface area contributed by atoms with Crippen molar-refractivity contribution in [3.63, 3.8) is 0 Å². The molecule has 116 valence electrons. The predicted octanol–water partition coefficient (Wildman–Crippen LogP) is 4.43. The fourth-order valence-electron chi connectivity index (χ4n) is 3.67. The summed E-state index contributed by atoms with van der Waals surface area (Å²) in [6.07, 6.45) is 11.0. The van der Waals surface area contributed by atoms with Crippen molar-refractivity contribution in [3.05, 3.63) is 29.8 Å². The Morgan fingerprint density at radius 3 is 2.29 bits per heavy atom. The molecule has 0 heterocycles. The molecule has 3 rings (SSSR count). The van der Waals surface area contributed by atoms with Crippen LogP contribution >= 0.6 is 0 Å². The van der Waals surface area contributed by atoms with Crippen LogP contribution in [-0.4, -0.2) is 19.2 Å². The van der Waals surface area contributed by atoms with E-state index in [1.807, 2.05) is 6.92 Å². The van der Waals surface area contributed by atoms with E-state index in [4.69, 9.17) is 4.74 Å². The van der Waals surface area contributed by atoms with Gasteiger partial charge in [-0.2, -0.15) is 0 Å². The maximum atomic E-state index is 5.60. The van der Waals surface area contributed by atoms with Crippen LogP contribution in [0.5, 0.6) is 5.75 Å². The molecule has 0 amide bonds. The van der Waals surface area contributed by atoms with Gasteiger partial charge in [0.2, 0.25) is 0 Å². The highest BCUT2D eigenvalue weighted by atomic mass is 16.5. The normalized spacial score (nSPS) is 21.8. The topological polar surface area (TPSA) is 21.3 Å². The van der Waals surface area contributed by atoms with Gasteiger partial charge >= 0.3 is 0 Å². The Kier molecular flexibility index (Phi) is 4.84. The third kappa shape index (κ3) is 3.79. The molecule has 1 N–H and O–H groups in total. The fourth-order valence-corrected chi connectivity index (χ4v) is 3.67. The van der Waals surface area contributed by atoms with Gasteiger partial charge in [0.15, 0.2) is 0 Å². The second kappa shape index (κ2) is 6.83. The van der Waals surface area contributed by atoms with Crippen molar-refractivity contribution in [1.29, 1.82) is 0 Å². The summed E-state index contributed by atoms with van der Waals surface area (Å²) < 4.78 is 5.60. The van der Waals surface area contributed by atoms with Crippen LogP contribution in [0.2, 0.25) is 0 Å². The van der Waals surface area contributed by atoms with E-state index in [0.29, 0.717) is 5.41 Å². The number of nitrogens with one attached hydrogen (secondary N) is 1. The zero-order valence-corrected chi connectivity index (χ0v) is 13.4. The molecular weight excluding hydrogens is 258 g/mol. The molecule has 0 spiro atoms. The van der Waals surface area contributed by atoms with Crippen molar-refractivity contribution in [2.75, 3.05) is 13.2 Å². The van der Waals surface area contributed by atoms with Gasteiger partial charge in [-0.3, -0.25) is 0 Å². The van der Waals surface area contributed by atoms with Crippen LogP contribution in [0.3, 0.4) is 0 Å². The molecule has 0 aromatic heterocycles. The molecule has 2 fully saturated rings. The van der Waals surface area contributed by atoms with Gasteiger partial charge in [-0.05, 0) is 50.3 Å². The summed E-state index contributed by atoms with van der Waals surface area (Å²) in [6.45, 7) is 3.94. The van der Waals surface area contributed by atoms with E-state index in [9.17, 15) is 0 Å². The summed E-state index contributed by atoms with van der Waals surface area (Å²) in [4.78, 5) is 0. The zero-order chi connectivity index (χ0) is 14.5. The van der Waals surface area contributed by atoms with Gasteiger partial charge < -0.3 is 10.1 Å². The molecule has 0 atom stereocenters. The van der Waals surface area contributed by atoms with Crippen LogP contribution in [0.1, 0.15) is 63.9 Å². The van der Waals surface area contributed by atoms with Crippen LogP contribution in [-0.2, 0) is 5.41 Å². The lowest BCUT2D eigenvalue weighted by atomic mass is 9.74. The largest absolute Gasteiger partial charge is 0.494 e. The average molecular weight is 287 g/mol. The summed E-state index contributed by atoms with van der Waals surface area (Å²) in [7, 11) is 0. The molecule has 21 heavy (non-hydrogen) atoms. The Bertz CT molecular complexity index is 427. The third-order valence-corrected chi connectivity index (χ3v) is 5.14.